The zero-order valence-corrected chi connectivity index (χ0v) is 9.10. The predicted molar refractivity (Wildman–Crippen MR) is 55.5 cm³/mol. The predicted octanol–water partition coefficient (Wildman–Crippen LogP) is 4.00. The Bertz CT molecular complexity index is 214. The summed E-state index contributed by atoms with van der Waals surface area (Å²) >= 11 is 0. The Kier molecular flexibility index (Phi) is 1.49. The zero-order valence-electron chi connectivity index (χ0n) is 9.10. The first-order valence-corrected chi connectivity index (χ1v) is 6.13. The van der Waals surface area contributed by atoms with Crippen molar-refractivity contribution in [3.63, 3.8) is 0 Å². The Morgan fingerprint density at radius 3 is 2.15 bits per heavy atom. The SMILES string of the molecule is CCC12CC3CC(CC(C)(C3)C1)C2. The summed E-state index contributed by atoms with van der Waals surface area (Å²) in [4.78, 5) is 0. The Morgan fingerprint density at radius 1 is 1.08 bits per heavy atom. The lowest BCUT2D eigenvalue weighted by molar-refractivity contribution is -0.103. The molecule has 0 radical (unpaired) electrons. The van der Waals surface area contributed by atoms with Gasteiger partial charge in [-0.2, -0.15) is 0 Å². The van der Waals surface area contributed by atoms with Gasteiger partial charge in [0.2, 0.25) is 0 Å². The van der Waals surface area contributed by atoms with Gasteiger partial charge in [0.1, 0.15) is 0 Å². The Hall–Kier alpha value is 0. The molecule has 0 aliphatic heterocycles. The second kappa shape index (κ2) is 2.32. The summed E-state index contributed by atoms with van der Waals surface area (Å²) in [6.07, 6.45) is 10.9. The number of rotatable bonds is 1. The van der Waals surface area contributed by atoms with Crippen LogP contribution in [0.25, 0.3) is 0 Å². The Balaban J connectivity index is 1.95. The molecule has 0 aromatic heterocycles. The molecule has 4 bridgehead atoms. The van der Waals surface area contributed by atoms with Crippen LogP contribution >= 0.6 is 0 Å². The van der Waals surface area contributed by atoms with E-state index >= 15 is 0 Å². The third kappa shape index (κ3) is 1.10. The molecule has 4 rings (SSSR count). The fourth-order valence-corrected chi connectivity index (χ4v) is 5.34. The van der Waals surface area contributed by atoms with E-state index in [9.17, 15) is 0 Å². The van der Waals surface area contributed by atoms with Gasteiger partial charge in [0.15, 0.2) is 0 Å². The van der Waals surface area contributed by atoms with Crippen molar-refractivity contribution in [3.05, 3.63) is 0 Å². The van der Waals surface area contributed by atoms with Crippen molar-refractivity contribution >= 4 is 0 Å². The molecule has 74 valence electrons. The van der Waals surface area contributed by atoms with Crippen LogP contribution < -0.4 is 0 Å². The second-order valence-corrected chi connectivity index (χ2v) is 6.63. The minimum Gasteiger partial charge on any atom is -0.0649 e. The Labute approximate surface area is 82.1 Å². The highest BCUT2D eigenvalue weighted by Gasteiger charge is 2.54. The van der Waals surface area contributed by atoms with Crippen molar-refractivity contribution < 1.29 is 0 Å². The van der Waals surface area contributed by atoms with Gasteiger partial charge in [0.25, 0.3) is 0 Å². The first kappa shape index (κ1) is 8.32. The average molecular weight is 178 g/mol. The highest BCUT2D eigenvalue weighted by atomic mass is 14.6. The van der Waals surface area contributed by atoms with Crippen LogP contribution in [0.3, 0.4) is 0 Å². The largest absolute Gasteiger partial charge is 0.0649 e. The summed E-state index contributed by atoms with van der Waals surface area (Å²) in [5.41, 5.74) is 1.57. The van der Waals surface area contributed by atoms with Gasteiger partial charge in [0.05, 0.1) is 0 Å². The molecular weight excluding hydrogens is 156 g/mol. The van der Waals surface area contributed by atoms with Gasteiger partial charge in [0, 0.05) is 0 Å². The monoisotopic (exact) mass is 178 g/mol. The maximum Gasteiger partial charge on any atom is -0.0290 e. The fraction of sp³-hybridized carbons (Fsp3) is 1.00. The molecule has 4 aliphatic carbocycles. The van der Waals surface area contributed by atoms with Gasteiger partial charge in [-0.05, 0) is 61.2 Å². The normalized spacial score (nSPS) is 58.6. The molecule has 0 saturated heterocycles. The molecular formula is C13H22. The highest BCUT2D eigenvalue weighted by molar-refractivity contribution is 5.05. The van der Waals surface area contributed by atoms with E-state index < -0.39 is 0 Å². The van der Waals surface area contributed by atoms with Crippen molar-refractivity contribution in [2.45, 2.75) is 58.8 Å². The van der Waals surface area contributed by atoms with Gasteiger partial charge < -0.3 is 0 Å². The number of hydrogen-bond donors (Lipinski definition) is 0. The van der Waals surface area contributed by atoms with Crippen molar-refractivity contribution in [1.82, 2.24) is 0 Å². The molecule has 0 N–H and O–H groups in total. The topological polar surface area (TPSA) is 0 Å². The summed E-state index contributed by atoms with van der Waals surface area (Å²) in [5.74, 6) is 2.23. The molecule has 0 amide bonds. The van der Waals surface area contributed by atoms with Crippen molar-refractivity contribution in [1.29, 1.82) is 0 Å². The van der Waals surface area contributed by atoms with Gasteiger partial charge >= 0.3 is 0 Å². The minimum atomic E-state index is 0.764. The smallest absolute Gasteiger partial charge is 0.0290 e. The van der Waals surface area contributed by atoms with Crippen LogP contribution in [0, 0.1) is 22.7 Å². The molecule has 2 unspecified atom stereocenters. The van der Waals surface area contributed by atoms with Gasteiger partial charge in [-0.3, -0.25) is 0 Å². The fourth-order valence-electron chi connectivity index (χ4n) is 5.34. The summed E-state index contributed by atoms with van der Waals surface area (Å²) in [6, 6.07) is 0. The first-order valence-electron chi connectivity index (χ1n) is 6.13. The lowest BCUT2D eigenvalue weighted by Crippen LogP contribution is -2.50. The maximum atomic E-state index is 2.56. The third-order valence-corrected chi connectivity index (χ3v) is 5.22. The molecule has 0 spiro atoms. The summed E-state index contributed by atoms with van der Waals surface area (Å²) in [7, 11) is 0. The average Bonchev–Trinajstić information content (AvgIpc) is 1.99. The lowest BCUT2D eigenvalue weighted by Gasteiger charge is -2.61. The van der Waals surface area contributed by atoms with E-state index in [1.165, 1.54) is 6.42 Å². The lowest BCUT2D eigenvalue weighted by atomic mass is 9.44. The minimum absolute atomic E-state index is 0.764. The first-order chi connectivity index (χ1) is 6.13. The molecule has 13 heavy (non-hydrogen) atoms. The quantitative estimate of drug-likeness (QED) is 0.569. The van der Waals surface area contributed by atoms with Crippen LogP contribution in [0.2, 0.25) is 0 Å². The van der Waals surface area contributed by atoms with Gasteiger partial charge in [-0.1, -0.05) is 20.3 Å². The second-order valence-electron chi connectivity index (χ2n) is 6.63. The molecule has 2 atom stereocenters. The van der Waals surface area contributed by atoms with E-state index in [1.54, 1.807) is 38.5 Å². The van der Waals surface area contributed by atoms with E-state index in [4.69, 9.17) is 0 Å². The standard InChI is InChI=1S/C13H22/c1-3-13-7-10-4-11(8-13)6-12(2,5-10)9-13/h10-11H,3-9H2,1-2H3. The van der Waals surface area contributed by atoms with Crippen molar-refractivity contribution in [3.8, 4) is 0 Å². The molecule has 0 heterocycles. The number of hydrogen-bond acceptors (Lipinski definition) is 0. The molecule has 0 heteroatoms. The van der Waals surface area contributed by atoms with E-state index in [-0.39, 0.29) is 0 Å². The molecule has 4 fully saturated rings. The summed E-state index contributed by atoms with van der Waals surface area (Å²) < 4.78 is 0. The van der Waals surface area contributed by atoms with Crippen LogP contribution in [0.15, 0.2) is 0 Å². The van der Waals surface area contributed by atoms with E-state index in [0.29, 0.717) is 0 Å². The Morgan fingerprint density at radius 2 is 1.69 bits per heavy atom. The van der Waals surface area contributed by atoms with Crippen LogP contribution in [0.1, 0.15) is 58.8 Å². The van der Waals surface area contributed by atoms with Crippen LogP contribution in [-0.4, -0.2) is 0 Å². The third-order valence-electron chi connectivity index (χ3n) is 5.22. The molecule has 0 aromatic carbocycles. The molecule has 4 saturated carbocycles. The van der Waals surface area contributed by atoms with Crippen molar-refractivity contribution in [2.24, 2.45) is 22.7 Å². The van der Waals surface area contributed by atoms with Crippen LogP contribution in [0.4, 0.5) is 0 Å². The molecule has 0 nitrogen and oxygen atoms in total. The van der Waals surface area contributed by atoms with Crippen LogP contribution in [0.5, 0.6) is 0 Å². The summed E-state index contributed by atoms with van der Waals surface area (Å²) in [5, 5.41) is 0. The van der Waals surface area contributed by atoms with Crippen LogP contribution in [-0.2, 0) is 0 Å². The summed E-state index contributed by atoms with van der Waals surface area (Å²) in [6.45, 7) is 4.99. The van der Waals surface area contributed by atoms with Gasteiger partial charge in [-0.15, -0.1) is 0 Å². The van der Waals surface area contributed by atoms with E-state index in [0.717, 1.165) is 22.7 Å². The molecule has 0 aromatic rings. The highest BCUT2D eigenvalue weighted by Crippen LogP contribution is 2.65. The maximum absolute atomic E-state index is 2.56. The van der Waals surface area contributed by atoms with Gasteiger partial charge in [-0.25, -0.2) is 0 Å². The zero-order chi connectivity index (χ0) is 9.10. The molecule has 4 aliphatic rings. The van der Waals surface area contributed by atoms with E-state index in [1.807, 2.05) is 0 Å². The van der Waals surface area contributed by atoms with E-state index in [2.05, 4.69) is 13.8 Å². The van der Waals surface area contributed by atoms with Crippen molar-refractivity contribution in [2.75, 3.05) is 0 Å².